The molecule has 3 fully saturated rings. The third-order valence-electron chi connectivity index (χ3n) is 6.55. The highest BCUT2D eigenvalue weighted by Gasteiger charge is 2.45. The number of carbonyl (C=O) groups is 1. The maximum atomic E-state index is 13.6. The summed E-state index contributed by atoms with van der Waals surface area (Å²) in [6, 6.07) is 8.01. The van der Waals surface area contributed by atoms with E-state index in [1.165, 1.54) is 0 Å². The van der Waals surface area contributed by atoms with Gasteiger partial charge in [0.1, 0.15) is 0 Å². The predicted octanol–water partition coefficient (Wildman–Crippen LogP) is 4.03. The molecule has 1 amide bonds. The van der Waals surface area contributed by atoms with E-state index < -0.39 is 0 Å². The molecule has 2 atom stereocenters. The van der Waals surface area contributed by atoms with Crippen LogP contribution in [0.5, 0.6) is 0 Å². The second-order valence-electron chi connectivity index (χ2n) is 7.85. The molecule has 2 saturated heterocycles. The van der Waals surface area contributed by atoms with Crippen molar-refractivity contribution in [2.45, 2.75) is 43.9 Å². The van der Waals surface area contributed by atoms with Crippen molar-refractivity contribution in [3.05, 3.63) is 34.9 Å². The van der Waals surface area contributed by atoms with E-state index in [1.54, 1.807) is 0 Å². The molecule has 1 N–H and O–H groups in total. The minimum atomic E-state index is -0.331. The van der Waals surface area contributed by atoms with Crippen molar-refractivity contribution in [1.29, 1.82) is 0 Å². The molecule has 1 aromatic rings. The molecular weight excluding hydrogens is 355 g/mol. The number of carbonyl (C=O) groups excluding carboxylic acids is 1. The van der Waals surface area contributed by atoms with Crippen molar-refractivity contribution in [3.8, 4) is 0 Å². The molecule has 138 valence electrons. The second kappa shape index (κ2) is 7.85. The molecule has 0 aromatic heterocycles. The number of rotatable bonds is 2. The largest absolute Gasteiger partial charge is 0.342 e. The van der Waals surface area contributed by atoms with E-state index in [-0.39, 0.29) is 17.8 Å². The lowest BCUT2D eigenvalue weighted by Crippen LogP contribution is -2.46. The van der Waals surface area contributed by atoms with Gasteiger partial charge < -0.3 is 10.2 Å². The highest BCUT2D eigenvalue weighted by molar-refractivity contribution is 6.30. The van der Waals surface area contributed by atoms with Crippen molar-refractivity contribution < 1.29 is 4.79 Å². The number of amides is 1. The molecule has 1 saturated carbocycles. The summed E-state index contributed by atoms with van der Waals surface area (Å²) >= 11 is 6.23. The van der Waals surface area contributed by atoms with E-state index in [0.717, 1.165) is 87.1 Å². The van der Waals surface area contributed by atoms with Gasteiger partial charge in [0.2, 0.25) is 5.91 Å². The Morgan fingerprint density at radius 1 is 1.12 bits per heavy atom. The van der Waals surface area contributed by atoms with E-state index >= 15 is 0 Å². The van der Waals surface area contributed by atoms with Gasteiger partial charge in [-0.2, -0.15) is 0 Å². The lowest BCUT2D eigenvalue weighted by molar-refractivity contribution is -0.137. The summed E-state index contributed by atoms with van der Waals surface area (Å²) in [5.74, 6) is 1.87. The van der Waals surface area contributed by atoms with Gasteiger partial charge in [-0.15, -0.1) is 12.4 Å². The molecule has 0 spiro atoms. The molecule has 0 unspecified atom stereocenters. The average molecular weight is 383 g/mol. The van der Waals surface area contributed by atoms with Gasteiger partial charge in [0.15, 0.2) is 0 Å². The first-order chi connectivity index (χ1) is 11.7. The molecule has 1 aliphatic carbocycles. The zero-order valence-electron chi connectivity index (χ0n) is 14.7. The van der Waals surface area contributed by atoms with Crippen LogP contribution in [0.3, 0.4) is 0 Å². The highest BCUT2D eigenvalue weighted by atomic mass is 35.5. The van der Waals surface area contributed by atoms with Gasteiger partial charge in [-0.05, 0) is 68.3 Å². The Hall–Kier alpha value is -0.770. The summed E-state index contributed by atoms with van der Waals surface area (Å²) in [6.07, 6.45) is 6.51. The number of benzene rings is 1. The predicted molar refractivity (Wildman–Crippen MR) is 105 cm³/mol. The fraction of sp³-hybridized carbons (Fsp3) is 0.650. The normalized spacial score (nSPS) is 28.1. The van der Waals surface area contributed by atoms with Crippen LogP contribution in [0.1, 0.15) is 44.1 Å². The Labute approximate surface area is 161 Å². The number of likely N-dealkylation sites (tertiary alicyclic amines) is 1. The quantitative estimate of drug-likeness (QED) is 0.836. The third kappa shape index (κ3) is 3.56. The zero-order valence-corrected chi connectivity index (χ0v) is 16.2. The molecule has 4 rings (SSSR count). The monoisotopic (exact) mass is 382 g/mol. The van der Waals surface area contributed by atoms with Gasteiger partial charge in [-0.1, -0.05) is 36.6 Å². The van der Waals surface area contributed by atoms with Gasteiger partial charge in [0.25, 0.3) is 0 Å². The molecule has 0 radical (unpaired) electrons. The van der Waals surface area contributed by atoms with Crippen molar-refractivity contribution in [1.82, 2.24) is 10.2 Å². The summed E-state index contributed by atoms with van der Waals surface area (Å²) in [5.41, 5.74) is 0.798. The summed E-state index contributed by atoms with van der Waals surface area (Å²) in [7, 11) is 0. The molecule has 2 aliphatic heterocycles. The molecule has 1 aromatic carbocycles. The highest BCUT2D eigenvalue weighted by Crippen LogP contribution is 2.44. The molecular formula is C20H28Cl2N2O. The first-order valence-electron chi connectivity index (χ1n) is 9.45. The van der Waals surface area contributed by atoms with Crippen LogP contribution in [0.25, 0.3) is 0 Å². The number of hydrogen-bond acceptors (Lipinski definition) is 2. The van der Waals surface area contributed by atoms with Crippen LogP contribution in [-0.2, 0) is 10.2 Å². The lowest BCUT2D eigenvalue weighted by atomic mass is 9.77. The standard InChI is InChI=1S/C20H27ClN2O.ClH/c21-18-5-3-4-17(12-18)20(8-1-2-9-20)19(24)23-10-6-15-13-22-14-16(15)7-11-23;/h3-5,12,15-16,22H,1-2,6-11,13-14H2;1H/t15-,16+;. The lowest BCUT2D eigenvalue weighted by Gasteiger charge is -2.34. The average Bonchev–Trinajstić information content (AvgIpc) is 3.21. The van der Waals surface area contributed by atoms with E-state index in [0.29, 0.717) is 5.91 Å². The number of fused-ring (bicyclic) bond motifs is 1. The number of hydrogen-bond donors (Lipinski definition) is 1. The second-order valence-corrected chi connectivity index (χ2v) is 8.28. The van der Waals surface area contributed by atoms with Gasteiger partial charge in [-0.3, -0.25) is 4.79 Å². The van der Waals surface area contributed by atoms with E-state index in [9.17, 15) is 4.79 Å². The van der Waals surface area contributed by atoms with Crippen molar-refractivity contribution >= 4 is 29.9 Å². The summed E-state index contributed by atoms with van der Waals surface area (Å²) in [4.78, 5) is 15.7. The van der Waals surface area contributed by atoms with E-state index in [1.807, 2.05) is 18.2 Å². The van der Waals surface area contributed by atoms with Gasteiger partial charge in [0, 0.05) is 18.1 Å². The molecule has 3 nitrogen and oxygen atoms in total. The Balaban J connectivity index is 0.00000182. The molecule has 2 heterocycles. The zero-order chi connectivity index (χ0) is 16.6. The maximum Gasteiger partial charge on any atom is 0.233 e. The number of nitrogens with zero attached hydrogens (tertiary/aromatic N) is 1. The third-order valence-corrected chi connectivity index (χ3v) is 6.79. The first-order valence-corrected chi connectivity index (χ1v) is 9.83. The fourth-order valence-electron chi connectivity index (χ4n) is 5.11. The van der Waals surface area contributed by atoms with Gasteiger partial charge in [-0.25, -0.2) is 0 Å². The van der Waals surface area contributed by atoms with Crippen molar-refractivity contribution in [2.24, 2.45) is 11.8 Å². The van der Waals surface area contributed by atoms with E-state index in [4.69, 9.17) is 11.6 Å². The number of halogens is 2. The molecule has 0 bridgehead atoms. The first kappa shape index (κ1) is 19.0. The smallest absolute Gasteiger partial charge is 0.233 e. The van der Waals surface area contributed by atoms with Crippen LogP contribution < -0.4 is 5.32 Å². The van der Waals surface area contributed by atoms with Gasteiger partial charge in [0.05, 0.1) is 5.41 Å². The summed E-state index contributed by atoms with van der Waals surface area (Å²) in [6.45, 7) is 4.10. The molecule has 25 heavy (non-hydrogen) atoms. The Kier molecular flexibility index (Phi) is 5.97. The van der Waals surface area contributed by atoms with Crippen LogP contribution in [0.15, 0.2) is 24.3 Å². The van der Waals surface area contributed by atoms with Crippen molar-refractivity contribution in [2.75, 3.05) is 26.2 Å². The van der Waals surface area contributed by atoms with Crippen molar-refractivity contribution in [3.63, 3.8) is 0 Å². The van der Waals surface area contributed by atoms with Crippen LogP contribution in [-0.4, -0.2) is 37.0 Å². The SMILES string of the molecule is Cl.O=C(N1CC[C@@H]2CNC[C@@H]2CC1)C1(c2cccc(Cl)c2)CCCC1. The molecule has 5 heteroatoms. The summed E-state index contributed by atoms with van der Waals surface area (Å²) in [5, 5.41) is 4.25. The van der Waals surface area contributed by atoms with Crippen LogP contribution >= 0.6 is 24.0 Å². The van der Waals surface area contributed by atoms with Crippen LogP contribution in [0.4, 0.5) is 0 Å². The minimum absolute atomic E-state index is 0. The fourth-order valence-corrected chi connectivity index (χ4v) is 5.30. The Bertz CT molecular complexity index is 601. The maximum absolute atomic E-state index is 13.6. The van der Waals surface area contributed by atoms with E-state index in [2.05, 4.69) is 16.3 Å². The van der Waals surface area contributed by atoms with Crippen LogP contribution in [0, 0.1) is 11.8 Å². The molecule has 3 aliphatic rings. The topological polar surface area (TPSA) is 32.3 Å². The Morgan fingerprint density at radius 3 is 2.36 bits per heavy atom. The Morgan fingerprint density at radius 2 is 1.76 bits per heavy atom. The minimum Gasteiger partial charge on any atom is -0.342 e. The van der Waals surface area contributed by atoms with Gasteiger partial charge >= 0.3 is 0 Å². The summed E-state index contributed by atoms with van der Waals surface area (Å²) < 4.78 is 0. The number of nitrogens with one attached hydrogen (secondary N) is 1. The van der Waals surface area contributed by atoms with Crippen LogP contribution in [0.2, 0.25) is 5.02 Å².